The summed E-state index contributed by atoms with van der Waals surface area (Å²) in [7, 11) is 3.84. The van der Waals surface area contributed by atoms with Crippen LogP contribution in [0, 0.1) is 5.82 Å². The average Bonchev–Trinajstić information content (AvgIpc) is 3.25. The molecular weight excluding hydrogens is 405 g/mol. The van der Waals surface area contributed by atoms with Crippen LogP contribution in [-0.4, -0.2) is 49.8 Å². The van der Waals surface area contributed by atoms with E-state index in [1.807, 2.05) is 25.1 Å². The molecule has 0 bridgehead atoms. The largest absolute Gasteiger partial charge is 0.454 e. The number of benzene rings is 2. The van der Waals surface area contributed by atoms with Crippen LogP contribution in [0.3, 0.4) is 0 Å². The summed E-state index contributed by atoms with van der Waals surface area (Å²) in [5, 5.41) is 0.517. The minimum Gasteiger partial charge on any atom is -0.454 e. The van der Waals surface area contributed by atoms with Gasteiger partial charge >= 0.3 is 0 Å². The number of ether oxygens (including phenoxy) is 2. The first-order valence-electron chi connectivity index (χ1n) is 8.44. The molecule has 3 aromatic rings. The van der Waals surface area contributed by atoms with Crippen LogP contribution >= 0.6 is 23.7 Å². The molecule has 9 heteroatoms. The van der Waals surface area contributed by atoms with E-state index in [2.05, 4.69) is 4.98 Å². The van der Waals surface area contributed by atoms with Crippen molar-refractivity contribution in [3.8, 4) is 11.5 Å². The van der Waals surface area contributed by atoms with Crippen LogP contribution in [0.2, 0.25) is 0 Å². The van der Waals surface area contributed by atoms with Crippen LogP contribution in [0.5, 0.6) is 11.5 Å². The fourth-order valence-electron chi connectivity index (χ4n) is 2.79. The number of hydrogen-bond acceptors (Lipinski definition) is 6. The SMILES string of the molecule is CN(C)CCN(C(=O)c1ccccc1F)c1nc2cc3c(cc2s1)OCO3.Cl. The van der Waals surface area contributed by atoms with E-state index >= 15 is 0 Å². The molecule has 0 spiro atoms. The third-order valence-electron chi connectivity index (χ3n) is 4.22. The number of likely N-dealkylation sites (N-methyl/N-ethyl adjacent to an activating group) is 1. The summed E-state index contributed by atoms with van der Waals surface area (Å²) in [5.74, 6) is 0.353. The number of carbonyl (C=O) groups is 1. The number of anilines is 1. The summed E-state index contributed by atoms with van der Waals surface area (Å²) < 4.78 is 25.9. The minimum absolute atomic E-state index is 0. The molecule has 1 aliphatic heterocycles. The van der Waals surface area contributed by atoms with Gasteiger partial charge in [0.05, 0.1) is 15.8 Å². The normalized spacial score (nSPS) is 12.3. The van der Waals surface area contributed by atoms with Crippen molar-refractivity contribution in [1.82, 2.24) is 9.88 Å². The lowest BCUT2D eigenvalue weighted by Gasteiger charge is -2.22. The molecule has 1 amide bonds. The van der Waals surface area contributed by atoms with Crippen molar-refractivity contribution < 1.29 is 18.7 Å². The zero-order valence-corrected chi connectivity index (χ0v) is 17.0. The van der Waals surface area contributed by atoms with E-state index in [1.165, 1.54) is 28.4 Å². The van der Waals surface area contributed by atoms with Crippen LogP contribution in [0.15, 0.2) is 36.4 Å². The Hall–Kier alpha value is -2.42. The first-order chi connectivity index (χ1) is 13.0. The molecule has 0 fully saturated rings. The third-order valence-corrected chi connectivity index (χ3v) is 5.26. The second kappa shape index (κ2) is 8.30. The summed E-state index contributed by atoms with van der Waals surface area (Å²) in [6.45, 7) is 1.21. The van der Waals surface area contributed by atoms with Gasteiger partial charge in [-0.2, -0.15) is 0 Å². The van der Waals surface area contributed by atoms with Gasteiger partial charge in [-0.3, -0.25) is 9.69 Å². The summed E-state index contributed by atoms with van der Waals surface area (Å²) in [5.41, 5.74) is 0.750. The Bertz CT molecular complexity index is 970. The van der Waals surface area contributed by atoms with Crippen molar-refractivity contribution in [3.63, 3.8) is 0 Å². The number of fused-ring (bicyclic) bond motifs is 2. The number of carbonyl (C=O) groups excluding carboxylic acids is 1. The van der Waals surface area contributed by atoms with Crippen LogP contribution in [0.1, 0.15) is 10.4 Å². The van der Waals surface area contributed by atoms with Crippen LogP contribution < -0.4 is 14.4 Å². The summed E-state index contributed by atoms with van der Waals surface area (Å²) >= 11 is 1.37. The predicted molar refractivity (Wildman–Crippen MR) is 110 cm³/mol. The van der Waals surface area contributed by atoms with Gasteiger partial charge in [-0.05, 0) is 26.2 Å². The molecule has 0 aliphatic carbocycles. The highest BCUT2D eigenvalue weighted by Crippen LogP contribution is 2.40. The standard InChI is InChI=1S/C19H18FN3O3S.ClH/c1-22(2)7-8-23(18(24)12-5-3-4-6-13(12)20)19-21-14-9-15-16(26-11-25-15)10-17(14)27-19;/h3-6,9-10H,7-8,11H2,1-2H3;1H. The second-order valence-corrected chi connectivity index (χ2v) is 7.42. The molecule has 148 valence electrons. The van der Waals surface area contributed by atoms with Crippen molar-refractivity contribution in [3.05, 3.63) is 47.8 Å². The number of thiazole rings is 1. The zero-order chi connectivity index (χ0) is 19.0. The van der Waals surface area contributed by atoms with Crippen molar-refractivity contribution in [2.45, 2.75) is 0 Å². The summed E-state index contributed by atoms with van der Waals surface area (Å²) in [4.78, 5) is 21.1. The first-order valence-corrected chi connectivity index (χ1v) is 9.26. The van der Waals surface area contributed by atoms with Crippen molar-refractivity contribution in [2.24, 2.45) is 0 Å². The van der Waals surface area contributed by atoms with Gasteiger partial charge in [0.1, 0.15) is 5.82 Å². The van der Waals surface area contributed by atoms with E-state index in [1.54, 1.807) is 18.2 Å². The molecule has 0 saturated carbocycles. The van der Waals surface area contributed by atoms with E-state index in [0.29, 0.717) is 29.7 Å². The quantitative estimate of drug-likeness (QED) is 0.625. The molecule has 2 heterocycles. The fourth-order valence-corrected chi connectivity index (χ4v) is 3.79. The average molecular weight is 424 g/mol. The Morgan fingerprint density at radius 2 is 1.89 bits per heavy atom. The number of nitrogens with zero attached hydrogens (tertiary/aromatic N) is 3. The molecule has 1 aliphatic rings. The molecule has 0 N–H and O–H groups in total. The van der Waals surface area contributed by atoms with E-state index < -0.39 is 11.7 Å². The zero-order valence-electron chi connectivity index (χ0n) is 15.3. The molecule has 6 nitrogen and oxygen atoms in total. The van der Waals surface area contributed by atoms with Gasteiger partial charge in [-0.1, -0.05) is 23.5 Å². The molecule has 2 aromatic carbocycles. The highest BCUT2D eigenvalue weighted by Gasteiger charge is 2.25. The van der Waals surface area contributed by atoms with Gasteiger partial charge in [0.2, 0.25) is 6.79 Å². The highest BCUT2D eigenvalue weighted by molar-refractivity contribution is 7.22. The Balaban J connectivity index is 0.00000225. The number of hydrogen-bond donors (Lipinski definition) is 0. The molecule has 28 heavy (non-hydrogen) atoms. The molecular formula is C19H19ClFN3O3S. The number of halogens is 2. The number of rotatable bonds is 5. The predicted octanol–water partition coefficient (Wildman–Crippen LogP) is 3.79. The van der Waals surface area contributed by atoms with Gasteiger partial charge in [-0.25, -0.2) is 9.37 Å². The summed E-state index contributed by atoms with van der Waals surface area (Å²) in [6, 6.07) is 9.65. The van der Waals surface area contributed by atoms with Gasteiger partial charge in [-0.15, -0.1) is 12.4 Å². The van der Waals surface area contributed by atoms with Gasteiger partial charge in [0.25, 0.3) is 5.91 Å². The lowest BCUT2D eigenvalue weighted by atomic mass is 10.2. The Morgan fingerprint density at radius 1 is 1.18 bits per heavy atom. The highest BCUT2D eigenvalue weighted by atomic mass is 35.5. The fraction of sp³-hybridized carbons (Fsp3) is 0.263. The van der Waals surface area contributed by atoms with E-state index in [4.69, 9.17) is 9.47 Å². The second-order valence-electron chi connectivity index (χ2n) is 6.41. The maximum absolute atomic E-state index is 14.2. The van der Waals surface area contributed by atoms with Gasteiger partial charge in [0, 0.05) is 25.2 Å². The maximum atomic E-state index is 14.2. The van der Waals surface area contributed by atoms with Crippen molar-refractivity contribution in [2.75, 3.05) is 38.9 Å². The third kappa shape index (κ3) is 3.89. The van der Waals surface area contributed by atoms with Crippen LogP contribution in [-0.2, 0) is 0 Å². The molecule has 1 aromatic heterocycles. The van der Waals surface area contributed by atoms with E-state index in [9.17, 15) is 9.18 Å². The van der Waals surface area contributed by atoms with Crippen molar-refractivity contribution >= 4 is 45.0 Å². The molecule has 0 radical (unpaired) electrons. The smallest absolute Gasteiger partial charge is 0.263 e. The molecule has 0 saturated heterocycles. The topological polar surface area (TPSA) is 54.9 Å². The Labute approximate surface area is 171 Å². The number of amides is 1. The Kier molecular flexibility index (Phi) is 6.02. The maximum Gasteiger partial charge on any atom is 0.263 e. The molecule has 0 unspecified atom stereocenters. The van der Waals surface area contributed by atoms with Gasteiger partial charge in [0.15, 0.2) is 16.6 Å². The van der Waals surface area contributed by atoms with Crippen LogP contribution in [0.25, 0.3) is 10.2 Å². The lowest BCUT2D eigenvalue weighted by molar-refractivity contribution is 0.0981. The van der Waals surface area contributed by atoms with E-state index in [-0.39, 0.29) is 24.8 Å². The lowest BCUT2D eigenvalue weighted by Crippen LogP contribution is -2.37. The minimum atomic E-state index is -0.542. The Morgan fingerprint density at radius 3 is 2.61 bits per heavy atom. The molecule has 4 rings (SSSR count). The van der Waals surface area contributed by atoms with Crippen molar-refractivity contribution in [1.29, 1.82) is 0 Å². The number of aromatic nitrogens is 1. The monoisotopic (exact) mass is 423 g/mol. The first kappa shape index (κ1) is 20.3. The summed E-state index contributed by atoms with van der Waals surface area (Å²) in [6.07, 6.45) is 0. The molecule has 0 atom stereocenters. The van der Waals surface area contributed by atoms with Gasteiger partial charge < -0.3 is 14.4 Å². The van der Waals surface area contributed by atoms with Crippen LogP contribution in [0.4, 0.5) is 9.52 Å². The van der Waals surface area contributed by atoms with E-state index in [0.717, 1.165) is 10.2 Å².